The van der Waals surface area contributed by atoms with E-state index in [0.29, 0.717) is 5.56 Å². The summed E-state index contributed by atoms with van der Waals surface area (Å²) in [5, 5.41) is 2.47. The Bertz CT molecular complexity index is 611. The molecular weight excluding hydrogens is 248 g/mol. The van der Waals surface area contributed by atoms with E-state index in [9.17, 15) is 13.6 Å². The second-order valence-corrected chi connectivity index (χ2v) is 4.34. The van der Waals surface area contributed by atoms with Crippen molar-refractivity contribution in [3.05, 3.63) is 65.2 Å². The highest BCUT2D eigenvalue weighted by Crippen LogP contribution is 2.15. The highest BCUT2D eigenvalue weighted by molar-refractivity contribution is 5.92. The van der Waals surface area contributed by atoms with Gasteiger partial charge in [-0.05, 0) is 42.3 Å². The first-order valence-corrected chi connectivity index (χ1v) is 5.85. The molecule has 2 nitrogen and oxygen atoms in total. The standard InChI is InChI=1S/C15H13F2NO/c1-10-5-6-14(13(17)7-10)18-15(19)9-11-3-2-4-12(16)8-11/h2-8H,9H2,1H3,(H,18,19). The molecule has 0 radical (unpaired) electrons. The van der Waals surface area contributed by atoms with Crippen molar-refractivity contribution in [2.24, 2.45) is 0 Å². The molecule has 1 amide bonds. The quantitative estimate of drug-likeness (QED) is 0.900. The van der Waals surface area contributed by atoms with Crippen LogP contribution in [-0.4, -0.2) is 5.91 Å². The van der Waals surface area contributed by atoms with Crippen LogP contribution in [0.15, 0.2) is 42.5 Å². The van der Waals surface area contributed by atoms with Crippen LogP contribution in [0.25, 0.3) is 0 Å². The largest absolute Gasteiger partial charge is 0.323 e. The van der Waals surface area contributed by atoms with E-state index in [1.54, 1.807) is 19.1 Å². The van der Waals surface area contributed by atoms with E-state index >= 15 is 0 Å². The summed E-state index contributed by atoms with van der Waals surface area (Å²) in [7, 11) is 0. The summed E-state index contributed by atoms with van der Waals surface area (Å²) in [6.45, 7) is 1.77. The number of carbonyl (C=O) groups excluding carboxylic acids is 1. The molecule has 19 heavy (non-hydrogen) atoms. The summed E-state index contributed by atoms with van der Waals surface area (Å²) in [6, 6.07) is 10.3. The fraction of sp³-hybridized carbons (Fsp3) is 0.133. The highest BCUT2D eigenvalue weighted by atomic mass is 19.1. The summed E-state index contributed by atoms with van der Waals surface area (Å²) < 4.78 is 26.5. The number of nitrogens with one attached hydrogen (secondary N) is 1. The Morgan fingerprint density at radius 3 is 2.63 bits per heavy atom. The molecule has 0 spiro atoms. The molecule has 0 aliphatic heterocycles. The number of hydrogen-bond donors (Lipinski definition) is 1. The van der Waals surface area contributed by atoms with E-state index in [1.807, 2.05) is 0 Å². The summed E-state index contributed by atoms with van der Waals surface area (Å²) in [4.78, 5) is 11.7. The number of aryl methyl sites for hydroxylation is 1. The Kier molecular flexibility index (Phi) is 3.90. The lowest BCUT2D eigenvalue weighted by atomic mass is 10.1. The van der Waals surface area contributed by atoms with Crippen LogP contribution in [0.2, 0.25) is 0 Å². The molecule has 0 saturated heterocycles. The Morgan fingerprint density at radius 1 is 1.16 bits per heavy atom. The van der Waals surface area contributed by atoms with Gasteiger partial charge >= 0.3 is 0 Å². The minimum Gasteiger partial charge on any atom is -0.323 e. The maximum atomic E-state index is 13.5. The first-order valence-electron chi connectivity index (χ1n) is 5.85. The third kappa shape index (κ3) is 3.61. The van der Waals surface area contributed by atoms with E-state index in [-0.39, 0.29) is 18.0 Å². The van der Waals surface area contributed by atoms with Crippen molar-refractivity contribution >= 4 is 11.6 Å². The number of hydrogen-bond acceptors (Lipinski definition) is 1. The van der Waals surface area contributed by atoms with Crippen molar-refractivity contribution in [1.82, 2.24) is 0 Å². The molecule has 0 heterocycles. The first kappa shape index (κ1) is 13.2. The lowest BCUT2D eigenvalue weighted by Crippen LogP contribution is -2.15. The summed E-state index contributed by atoms with van der Waals surface area (Å²) in [5.74, 6) is -1.26. The molecule has 98 valence electrons. The number of halogens is 2. The van der Waals surface area contributed by atoms with Crippen molar-refractivity contribution < 1.29 is 13.6 Å². The molecule has 2 aromatic carbocycles. The summed E-state index contributed by atoms with van der Waals surface area (Å²) >= 11 is 0. The van der Waals surface area contributed by atoms with Crippen molar-refractivity contribution in [3.8, 4) is 0 Å². The van der Waals surface area contributed by atoms with Crippen LogP contribution in [0.3, 0.4) is 0 Å². The lowest BCUT2D eigenvalue weighted by molar-refractivity contribution is -0.115. The van der Waals surface area contributed by atoms with E-state index < -0.39 is 11.6 Å². The zero-order valence-electron chi connectivity index (χ0n) is 10.4. The Labute approximate surface area is 110 Å². The zero-order valence-corrected chi connectivity index (χ0v) is 10.4. The average Bonchev–Trinajstić information content (AvgIpc) is 2.33. The SMILES string of the molecule is Cc1ccc(NC(=O)Cc2cccc(F)c2)c(F)c1. The minimum atomic E-state index is -0.479. The van der Waals surface area contributed by atoms with E-state index in [2.05, 4.69) is 5.32 Å². The van der Waals surface area contributed by atoms with Crippen LogP contribution in [-0.2, 0) is 11.2 Å². The third-order valence-corrected chi connectivity index (χ3v) is 2.65. The molecule has 0 bridgehead atoms. The maximum absolute atomic E-state index is 13.5. The number of amides is 1. The van der Waals surface area contributed by atoms with Gasteiger partial charge in [-0.15, -0.1) is 0 Å². The Hall–Kier alpha value is -2.23. The molecule has 0 aromatic heterocycles. The predicted molar refractivity (Wildman–Crippen MR) is 69.9 cm³/mol. The fourth-order valence-corrected chi connectivity index (χ4v) is 1.75. The molecule has 0 unspecified atom stereocenters. The normalized spacial score (nSPS) is 10.3. The van der Waals surface area contributed by atoms with E-state index in [4.69, 9.17) is 0 Å². The molecule has 0 atom stereocenters. The van der Waals surface area contributed by atoms with Gasteiger partial charge < -0.3 is 5.32 Å². The Balaban J connectivity index is 2.05. The number of rotatable bonds is 3. The van der Waals surface area contributed by atoms with Gasteiger partial charge in [-0.2, -0.15) is 0 Å². The van der Waals surface area contributed by atoms with Gasteiger partial charge in [-0.1, -0.05) is 18.2 Å². The van der Waals surface area contributed by atoms with Crippen molar-refractivity contribution in [2.45, 2.75) is 13.3 Å². The number of benzene rings is 2. The van der Waals surface area contributed by atoms with Crippen LogP contribution in [0.5, 0.6) is 0 Å². The summed E-state index contributed by atoms with van der Waals surface area (Å²) in [5.41, 5.74) is 1.46. The molecule has 4 heteroatoms. The van der Waals surface area contributed by atoms with Crippen molar-refractivity contribution in [2.75, 3.05) is 5.32 Å². The van der Waals surface area contributed by atoms with Crippen LogP contribution < -0.4 is 5.32 Å². The van der Waals surface area contributed by atoms with Crippen LogP contribution in [0, 0.1) is 18.6 Å². The van der Waals surface area contributed by atoms with Crippen LogP contribution in [0.1, 0.15) is 11.1 Å². The molecule has 1 N–H and O–H groups in total. The predicted octanol–water partition coefficient (Wildman–Crippen LogP) is 3.45. The summed E-state index contributed by atoms with van der Waals surface area (Å²) in [6.07, 6.45) is 0.00504. The van der Waals surface area contributed by atoms with Gasteiger partial charge in [-0.3, -0.25) is 4.79 Å². The lowest BCUT2D eigenvalue weighted by Gasteiger charge is -2.07. The van der Waals surface area contributed by atoms with Crippen molar-refractivity contribution in [1.29, 1.82) is 0 Å². The van der Waals surface area contributed by atoms with Crippen LogP contribution in [0.4, 0.5) is 14.5 Å². The van der Waals surface area contributed by atoms with Gasteiger partial charge in [0.05, 0.1) is 12.1 Å². The minimum absolute atomic E-state index is 0.00504. The topological polar surface area (TPSA) is 29.1 Å². The van der Waals surface area contributed by atoms with Gasteiger partial charge in [-0.25, -0.2) is 8.78 Å². The fourth-order valence-electron chi connectivity index (χ4n) is 1.75. The molecule has 0 fully saturated rings. The first-order chi connectivity index (χ1) is 9.04. The smallest absolute Gasteiger partial charge is 0.228 e. The molecule has 0 saturated carbocycles. The van der Waals surface area contributed by atoms with Crippen molar-refractivity contribution in [3.63, 3.8) is 0 Å². The van der Waals surface area contributed by atoms with Crippen LogP contribution >= 0.6 is 0 Å². The molecule has 0 aliphatic carbocycles. The number of carbonyl (C=O) groups is 1. The van der Waals surface area contributed by atoms with Gasteiger partial charge in [0.15, 0.2) is 0 Å². The van der Waals surface area contributed by atoms with Gasteiger partial charge in [0.1, 0.15) is 11.6 Å². The molecule has 0 aliphatic rings. The van der Waals surface area contributed by atoms with Gasteiger partial charge in [0.25, 0.3) is 0 Å². The monoisotopic (exact) mass is 261 g/mol. The average molecular weight is 261 g/mol. The maximum Gasteiger partial charge on any atom is 0.228 e. The molecule has 2 rings (SSSR count). The van der Waals surface area contributed by atoms with Gasteiger partial charge in [0, 0.05) is 0 Å². The van der Waals surface area contributed by atoms with Gasteiger partial charge in [0.2, 0.25) is 5.91 Å². The second-order valence-electron chi connectivity index (χ2n) is 4.34. The molecule has 2 aromatic rings. The van der Waals surface area contributed by atoms with E-state index in [0.717, 1.165) is 5.56 Å². The third-order valence-electron chi connectivity index (χ3n) is 2.65. The Morgan fingerprint density at radius 2 is 1.95 bits per heavy atom. The highest BCUT2D eigenvalue weighted by Gasteiger charge is 2.08. The van der Waals surface area contributed by atoms with E-state index in [1.165, 1.54) is 30.3 Å². The number of anilines is 1. The molecular formula is C15H13F2NO. The zero-order chi connectivity index (χ0) is 13.8. The second kappa shape index (κ2) is 5.61.